The van der Waals surface area contributed by atoms with Gasteiger partial charge in [0.1, 0.15) is 6.61 Å². The van der Waals surface area contributed by atoms with Gasteiger partial charge in [-0.3, -0.25) is 9.59 Å². The van der Waals surface area contributed by atoms with Crippen LogP contribution in [0.25, 0.3) is 0 Å². The van der Waals surface area contributed by atoms with Gasteiger partial charge in [0.2, 0.25) is 5.91 Å². The zero-order valence-corrected chi connectivity index (χ0v) is 11.1. The van der Waals surface area contributed by atoms with Crippen LogP contribution in [-0.2, 0) is 14.3 Å². The lowest BCUT2D eigenvalue weighted by Crippen LogP contribution is -2.52. The molecule has 1 aromatic carbocycles. The topological polar surface area (TPSA) is 58.6 Å². The Morgan fingerprint density at radius 1 is 1.42 bits per heavy atom. The average molecular weight is 262 g/mol. The molecule has 1 saturated heterocycles. The first-order valence-corrected chi connectivity index (χ1v) is 6.35. The van der Waals surface area contributed by atoms with Crippen LogP contribution in [0.2, 0.25) is 0 Å². The van der Waals surface area contributed by atoms with Crippen LogP contribution in [0.4, 0.5) is 0 Å². The first kappa shape index (κ1) is 13.5. The molecule has 0 aliphatic carbocycles. The SMILES string of the molecule is CCNC(=O)[C@@H]1OCC(=O)N(C)[C@H]1c1ccccc1. The van der Waals surface area contributed by atoms with Crippen molar-refractivity contribution in [2.75, 3.05) is 20.2 Å². The van der Waals surface area contributed by atoms with Gasteiger partial charge in [0.15, 0.2) is 6.10 Å². The number of hydrogen-bond donors (Lipinski definition) is 1. The van der Waals surface area contributed by atoms with Crippen molar-refractivity contribution in [3.8, 4) is 0 Å². The largest absolute Gasteiger partial charge is 0.356 e. The second-order valence-corrected chi connectivity index (χ2v) is 4.49. The molecule has 2 atom stereocenters. The highest BCUT2D eigenvalue weighted by Gasteiger charge is 2.39. The van der Waals surface area contributed by atoms with Crippen LogP contribution < -0.4 is 5.32 Å². The van der Waals surface area contributed by atoms with Gasteiger partial charge in [-0.1, -0.05) is 30.3 Å². The number of hydrogen-bond acceptors (Lipinski definition) is 3. The zero-order chi connectivity index (χ0) is 13.8. The number of morpholine rings is 1. The van der Waals surface area contributed by atoms with Gasteiger partial charge in [0, 0.05) is 13.6 Å². The van der Waals surface area contributed by atoms with Crippen LogP contribution in [0.3, 0.4) is 0 Å². The molecule has 1 aliphatic rings. The molecular weight excluding hydrogens is 244 g/mol. The average Bonchev–Trinajstić information content (AvgIpc) is 2.43. The molecule has 5 nitrogen and oxygen atoms in total. The minimum absolute atomic E-state index is 0.0539. The lowest BCUT2D eigenvalue weighted by Gasteiger charge is -2.38. The third-order valence-corrected chi connectivity index (χ3v) is 3.23. The highest BCUT2D eigenvalue weighted by Crippen LogP contribution is 2.28. The molecule has 1 aromatic rings. The van der Waals surface area contributed by atoms with E-state index in [1.54, 1.807) is 11.9 Å². The molecule has 1 fully saturated rings. The molecule has 102 valence electrons. The number of nitrogens with one attached hydrogen (secondary N) is 1. The first-order valence-electron chi connectivity index (χ1n) is 6.35. The number of ether oxygens (including phenoxy) is 1. The first-order chi connectivity index (χ1) is 9.15. The number of rotatable bonds is 3. The maximum absolute atomic E-state index is 12.1. The van der Waals surface area contributed by atoms with Gasteiger partial charge in [0.25, 0.3) is 5.91 Å². The smallest absolute Gasteiger partial charge is 0.251 e. The Morgan fingerprint density at radius 3 is 2.74 bits per heavy atom. The Bertz CT molecular complexity index is 461. The van der Waals surface area contributed by atoms with E-state index in [0.717, 1.165) is 5.56 Å². The van der Waals surface area contributed by atoms with Gasteiger partial charge in [-0.2, -0.15) is 0 Å². The molecule has 1 N–H and O–H groups in total. The second kappa shape index (κ2) is 5.84. The number of amides is 2. The molecule has 2 rings (SSSR count). The number of nitrogens with zero attached hydrogens (tertiary/aromatic N) is 1. The van der Waals surface area contributed by atoms with Crippen molar-refractivity contribution in [3.63, 3.8) is 0 Å². The summed E-state index contributed by atoms with van der Waals surface area (Å²) in [6, 6.07) is 9.09. The Balaban J connectivity index is 2.31. The van der Waals surface area contributed by atoms with E-state index >= 15 is 0 Å². The minimum atomic E-state index is -0.662. The highest BCUT2D eigenvalue weighted by molar-refractivity contribution is 5.86. The van der Waals surface area contributed by atoms with Gasteiger partial charge in [0.05, 0.1) is 6.04 Å². The summed E-state index contributed by atoms with van der Waals surface area (Å²) in [6.45, 7) is 2.34. The van der Waals surface area contributed by atoms with Crippen LogP contribution in [0.1, 0.15) is 18.5 Å². The number of carbonyl (C=O) groups excluding carboxylic acids is 2. The summed E-state index contributed by atoms with van der Waals surface area (Å²) >= 11 is 0. The molecule has 2 amide bonds. The van der Waals surface area contributed by atoms with Gasteiger partial charge in [-0.15, -0.1) is 0 Å². The van der Waals surface area contributed by atoms with E-state index in [0.29, 0.717) is 6.54 Å². The molecule has 0 spiro atoms. The van der Waals surface area contributed by atoms with Crippen LogP contribution in [-0.4, -0.2) is 43.0 Å². The van der Waals surface area contributed by atoms with Crippen LogP contribution in [0, 0.1) is 0 Å². The van der Waals surface area contributed by atoms with E-state index in [1.807, 2.05) is 37.3 Å². The Hall–Kier alpha value is -1.88. The molecule has 0 saturated carbocycles. The maximum atomic E-state index is 12.1. The van der Waals surface area contributed by atoms with Crippen molar-refractivity contribution in [1.82, 2.24) is 10.2 Å². The van der Waals surface area contributed by atoms with E-state index in [1.165, 1.54) is 0 Å². The lowest BCUT2D eigenvalue weighted by molar-refractivity contribution is -0.162. The van der Waals surface area contributed by atoms with Crippen LogP contribution in [0.15, 0.2) is 30.3 Å². The molecule has 0 bridgehead atoms. The summed E-state index contributed by atoms with van der Waals surface area (Å²) in [7, 11) is 1.70. The summed E-state index contributed by atoms with van der Waals surface area (Å²) < 4.78 is 5.44. The third-order valence-electron chi connectivity index (χ3n) is 3.23. The summed E-state index contributed by atoms with van der Waals surface area (Å²) in [5.41, 5.74) is 0.898. The molecular formula is C14H18N2O3. The predicted octanol–water partition coefficient (Wildman–Crippen LogP) is 0.721. The number of carbonyl (C=O) groups is 2. The van der Waals surface area contributed by atoms with Crippen molar-refractivity contribution >= 4 is 11.8 Å². The fourth-order valence-electron chi connectivity index (χ4n) is 2.25. The zero-order valence-electron chi connectivity index (χ0n) is 11.1. The Kier molecular flexibility index (Phi) is 4.16. The minimum Gasteiger partial charge on any atom is -0.356 e. The van der Waals surface area contributed by atoms with Gasteiger partial charge < -0.3 is 15.0 Å². The van der Waals surface area contributed by atoms with Crippen molar-refractivity contribution in [2.45, 2.75) is 19.1 Å². The van der Waals surface area contributed by atoms with Crippen molar-refractivity contribution in [2.24, 2.45) is 0 Å². The molecule has 1 aliphatic heterocycles. The van der Waals surface area contributed by atoms with E-state index in [-0.39, 0.29) is 24.5 Å². The maximum Gasteiger partial charge on any atom is 0.251 e. The standard InChI is InChI=1S/C14H18N2O3/c1-3-15-14(18)13-12(10-7-5-4-6-8-10)16(2)11(17)9-19-13/h4-8,12-13H,3,9H2,1-2H3,(H,15,18)/t12-,13+/m0/s1. The summed E-state index contributed by atoms with van der Waals surface area (Å²) in [5.74, 6) is -0.301. The fourth-order valence-corrected chi connectivity index (χ4v) is 2.25. The molecule has 0 unspecified atom stereocenters. The van der Waals surface area contributed by atoms with Gasteiger partial charge in [-0.25, -0.2) is 0 Å². The molecule has 0 aromatic heterocycles. The monoisotopic (exact) mass is 262 g/mol. The number of likely N-dealkylation sites (N-methyl/N-ethyl adjacent to an activating group) is 2. The molecule has 5 heteroatoms. The highest BCUT2D eigenvalue weighted by atomic mass is 16.5. The predicted molar refractivity (Wildman–Crippen MR) is 70.4 cm³/mol. The van der Waals surface area contributed by atoms with Crippen LogP contribution in [0.5, 0.6) is 0 Å². The quantitative estimate of drug-likeness (QED) is 0.873. The van der Waals surface area contributed by atoms with E-state index in [4.69, 9.17) is 4.74 Å². The van der Waals surface area contributed by atoms with Crippen molar-refractivity contribution in [1.29, 1.82) is 0 Å². The van der Waals surface area contributed by atoms with E-state index < -0.39 is 6.10 Å². The van der Waals surface area contributed by atoms with Crippen molar-refractivity contribution < 1.29 is 14.3 Å². The Morgan fingerprint density at radius 2 is 2.11 bits per heavy atom. The molecule has 19 heavy (non-hydrogen) atoms. The number of benzene rings is 1. The molecule has 0 radical (unpaired) electrons. The van der Waals surface area contributed by atoms with E-state index in [2.05, 4.69) is 5.32 Å². The Labute approximate surface area is 112 Å². The summed E-state index contributed by atoms with van der Waals surface area (Å²) in [4.78, 5) is 25.4. The molecule has 1 heterocycles. The van der Waals surface area contributed by atoms with Crippen molar-refractivity contribution in [3.05, 3.63) is 35.9 Å². The third kappa shape index (κ3) is 2.76. The van der Waals surface area contributed by atoms with Gasteiger partial charge in [-0.05, 0) is 12.5 Å². The van der Waals surface area contributed by atoms with Crippen LogP contribution >= 0.6 is 0 Å². The fraction of sp³-hybridized carbons (Fsp3) is 0.429. The van der Waals surface area contributed by atoms with Gasteiger partial charge >= 0.3 is 0 Å². The summed E-state index contributed by atoms with van der Waals surface area (Å²) in [5, 5.41) is 2.75. The second-order valence-electron chi connectivity index (χ2n) is 4.49. The van der Waals surface area contributed by atoms with E-state index in [9.17, 15) is 9.59 Å². The summed E-state index contributed by atoms with van der Waals surface area (Å²) in [6.07, 6.45) is -0.662. The normalized spacial score (nSPS) is 23.3. The lowest BCUT2D eigenvalue weighted by atomic mass is 9.97.